The maximum Gasteiger partial charge on any atom is 0.365 e. The van der Waals surface area contributed by atoms with Gasteiger partial charge in [-0.15, -0.1) is 11.3 Å². The SMILES string of the molecule is O=C(O/N=c1\ccsc2c1CCS2(=O)=O)c1ccc(Cl)c(Cl)c1. The minimum Gasteiger partial charge on any atom is -0.312 e. The van der Waals surface area contributed by atoms with Crippen molar-refractivity contribution >= 4 is 50.3 Å². The summed E-state index contributed by atoms with van der Waals surface area (Å²) in [4.78, 5) is 16.9. The van der Waals surface area contributed by atoms with E-state index in [1.807, 2.05) is 0 Å². The number of nitrogens with zero attached hydrogens (tertiary/aromatic N) is 1. The fraction of sp³-hybridized carbons (Fsp3) is 0.143. The van der Waals surface area contributed by atoms with Crippen molar-refractivity contribution < 1.29 is 18.0 Å². The van der Waals surface area contributed by atoms with Gasteiger partial charge < -0.3 is 4.84 Å². The molecule has 0 aliphatic carbocycles. The van der Waals surface area contributed by atoms with Crippen LogP contribution in [0.3, 0.4) is 0 Å². The molecule has 1 aromatic heterocycles. The molecule has 3 rings (SSSR count). The summed E-state index contributed by atoms with van der Waals surface area (Å²) in [6, 6.07) is 5.94. The van der Waals surface area contributed by atoms with E-state index in [1.165, 1.54) is 18.2 Å². The van der Waals surface area contributed by atoms with Crippen LogP contribution in [0.4, 0.5) is 0 Å². The maximum atomic E-state index is 12.0. The summed E-state index contributed by atoms with van der Waals surface area (Å²) in [5.41, 5.74) is 0.783. The molecule has 2 heterocycles. The molecule has 0 radical (unpaired) electrons. The Labute approximate surface area is 146 Å². The van der Waals surface area contributed by atoms with Gasteiger partial charge in [0, 0.05) is 5.56 Å². The average molecular weight is 390 g/mol. The first-order chi connectivity index (χ1) is 10.9. The van der Waals surface area contributed by atoms with E-state index in [4.69, 9.17) is 28.0 Å². The minimum atomic E-state index is -3.24. The number of hydrogen-bond donors (Lipinski definition) is 0. The summed E-state index contributed by atoms with van der Waals surface area (Å²) in [6.45, 7) is 0. The van der Waals surface area contributed by atoms with E-state index in [0.717, 1.165) is 11.3 Å². The number of carbonyl (C=O) groups is 1. The lowest BCUT2D eigenvalue weighted by Crippen LogP contribution is -2.11. The van der Waals surface area contributed by atoms with Gasteiger partial charge in [0.15, 0.2) is 9.84 Å². The van der Waals surface area contributed by atoms with E-state index in [2.05, 4.69) is 5.16 Å². The van der Waals surface area contributed by atoms with Crippen molar-refractivity contribution in [1.29, 1.82) is 0 Å². The van der Waals surface area contributed by atoms with E-state index in [0.29, 0.717) is 22.4 Å². The standard InChI is InChI=1S/C14H9Cl2NO4S2/c15-10-2-1-8(7-11(10)16)13(18)21-17-12-3-5-22-14-9(12)4-6-23(14,19)20/h1-3,5,7H,4,6H2/b17-12+. The number of carbonyl (C=O) groups excluding carboxylic acids is 1. The molecule has 0 fully saturated rings. The summed E-state index contributed by atoms with van der Waals surface area (Å²) in [6.07, 6.45) is 0.359. The van der Waals surface area contributed by atoms with Gasteiger partial charge in [-0.3, -0.25) is 0 Å². The molecule has 0 saturated heterocycles. The molecule has 0 amide bonds. The highest BCUT2D eigenvalue weighted by atomic mass is 35.5. The molecule has 2 aromatic rings. The van der Waals surface area contributed by atoms with Crippen LogP contribution in [0.15, 0.2) is 39.0 Å². The van der Waals surface area contributed by atoms with Gasteiger partial charge in [0.1, 0.15) is 9.57 Å². The zero-order valence-corrected chi connectivity index (χ0v) is 14.6. The van der Waals surface area contributed by atoms with Gasteiger partial charge >= 0.3 is 5.97 Å². The lowest BCUT2D eigenvalue weighted by atomic mass is 10.2. The summed E-state index contributed by atoms with van der Waals surface area (Å²) < 4.78 is 24.0. The summed E-state index contributed by atoms with van der Waals surface area (Å²) in [5.74, 6) is -0.655. The smallest absolute Gasteiger partial charge is 0.312 e. The molecule has 0 unspecified atom stereocenters. The van der Waals surface area contributed by atoms with Crippen LogP contribution < -0.4 is 5.36 Å². The normalized spacial score (nSPS) is 16.2. The molecular weight excluding hydrogens is 381 g/mol. The van der Waals surface area contributed by atoms with Gasteiger partial charge in [-0.05, 0) is 36.1 Å². The van der Waals surface area contributed by atoms with Crippen LogP contribution in [0.5, 0.6) is 0 Å². The number of halogens is 2. The Morgan fingerprint density at radius 3 is 2.74 bits per heavy atom. The van der Waals surface area contributed by atoms with Gasteiger partial charge in [-0.1, -0.05) is 28.4 Å². The molecule has 0 spiro atoms. The fourth-order valence-electron chi connectivity index (χ4n) is 2.11. The first kappa shape index (κ1) is 16.4. The van der Waals surface area contributed by atoms with Gasteiger partial charge in [-0.25, -0.2) is 13.2 Å². The first-order valence-electron chi connectivity index (χ1n) is 6.42. The lowest BCUT2D eigenvalue weighted by molar-refractivity contribution is 0.0497. The Balaban J connectivity index is 1.91. The maximum absolute atomic E-state index is 12.0. The number of hydrogen-bond acceptors (Lipinski definition) is 6. The minimum absolute atomic E-state index is 0.0477. The molecule has 23 heavy (non-hydrogen) atoms. The number of benzene rings is 1. The highest BCUT2D eigenvalue weighted by Gasteiger charge is 2.28. The Hall–Kier alpha value is -1.41. The Kier molecular flexibility index (Phi) is 4.46. The molecule has 5 nitrogen and oxygen atoms in total. The predicted molar refractivity (Wildman–Crippen MR) is 87.5 cm³/mol. The number of sulfone groups is 1. The Morgan fingerprint density at radius 2 is 2.00 bits per heavy atom. The van der Waals surface area contributed by atoms with Gasteiger partial charge in [0.25, 0.3) is 0 Å². The van der Waals surface area contributed by atoms with E-state index in [-0.39, 0.29) is 20.5 Å². The van der Waals surface area contributed by atoms with E-state index >= 15 is 0 Å². The molecule has 0 saturated carbocycles. The predicted octanol–water partition coefficient (Wildman–Crippen LogP) is 3.06. The second-order valence-electron chi connectivity index (χ2n) is 4.74. The summed E-state index contributed by atoms with van der Waals surface area (Å²) >= 11 is 12.8. The zero-order chi connectivity index (χ0) is 16.6. The molecule has 0 atom stereocenters. The van der Waals surface area contributed by atoms with Crippen LogP contribution in [-0.4, -0.2) is 20.1 Å². The Morgan fingerprint density at radius 1 is 1.22 bits per heavy atom. The molecule has 0 N–H and O–H groups in total. The van der Waals surface area contributed by atoms with Crippen LogP contribution in [-0.2, 0) is 21.1 Å². The van der Waals surface area contributed by atoms with Gasteiger partial charge in [-0.2, -0.15) is 0 Å². The molecule has 9 heteroatoms. The molecule has 1 aliphatic heterocycles. The Bertz CT molecular complexity index is 967. The van der Waals surface area contributed by atoms with Crippen molar-refractivity contribution in [1.82, 2.24) is 0 Å². The van der Waals surface area contributed by atoms with E-state index in [9.17, 15) is 13.2 Å². The van der Waals surface area contributed by atoms with E-state index in [1.54, 1.807) is 11.4 Å². The van der Waals surface area contributed by atoms with Crippen LogP contribution in [0.1, 0.15) is 15.9 Å². The quantitative estimate of drug-likeness (QED) is 0.584. The molecule has 0 bridgehead atoms. The molecule has 1 aromatic carbocycles. The van der Waals surface area contributed by atoms with Crippen molar-refractivity contribution in [2.75, 3.05) is 5.75 Å². The lowest BCUT2D eigenvalue weighted by Gasteiger charge is -2.01. The third-order valence-corrected chi connectivity index (χ3v) is 7.32. The van der Waals surface area contributed by atoms with Crippen LogP contribution in [0, 0.1) is 0 Å². The third-order valence-electron chi connectivity index (χ3n) is 3.24. The molecular formula is C14H9Cl2NO4S2. The second kappa shape index (κ2) is 6.24. The first-order valence-corrected chi connectivity index (χ1v) is 9.71. The fourth-order valence-corrected chi connectivity index (χ4v) is 5.32. The highest BCUT2D eigenvalue weighted by Crippen LogP contribution is 2.26. The van der Waals surface area contributed by atoms with Crippen molar-refractivity contribution in [3.8, 4) is 0 Å². The third kappa shape index (κ3) is 3.28. The topological polar surface area (TPSA) is 72.8 Å². The number of fused-ring (bicyclic) bond motifs is 1. The van der Waals surface area contributed by atoms with Crippen LogP contribution in [0.2, 0.25) is 10.0 Å². The summed E-state index contributed by atoms with van der Waals surface area (Å²) in [5, 5.41) is 6.29. The van der Waals surface area contributed by atoms with Gasteiger partial charge in [0.2, 0.25) is 0 Å². The van der Waals surface area contributed by atoms with Crippen molar-refractivity contribution in [3.63, 3.8) is 0 Å². The second-order valence-corrected chi connectivity index (χ2v) is 8.77. The average Bonchev–Trinajstić information content (AvgIpc) is 2.84. The van der Waals surface area contributed by atoms with Crippen molar-refractivity contribution in [2.45, 2.75) is 10.6 Å². The van der Waals surface area contributed by atoms with Crippen molar-refractivity contribution in [3.05, 3.63) is 56.2 Å². The highest BCUT2D eigenvalue weighted by molar-refractivity contribution is 7.93. The van der Waals surface area contributed by atoms with Crippen LogP contribution >= 0.6 is 34.5 Å². The van der Waals surface area contributed by atoms with Crippen LogP contribution in [0.25, 0.3) is 0 Å². The molecule has 1 aliphatic rings. The largest absolute Gasteiger partial charge is 0.365 e. The van der Waals surface area contributed by atoms with Gasteiger partial charge in [0.05, 0.1) is 21.4 Å². The molecule has 120 valence electrons. The van der Waals surface area contributed by atoms with E-state index < -0.39 is 15.8 Å². The number of rotatable bonds is 2. The summed E-state index contributed by atoms with van der Waals surface area (Å²) in [7, 11) is -3.24. The van der Waals surface area contributed by atoms with Crippen molar-refractivity contribution in [2.24, 2.45) is 5.16 Å². The zero-order valence-electron chi connectivity index (χ0n) is 11.5. The monoisotopic (exact) mass is 389 g/mol.